The minimum Gasteiger partial charge on any atom is -0.489 e. The number of carbonyl (C=O) groups excluding carboxylic acids is 1. The van der Waals surface area contributed by atoms with E-state index in [0.29, 0.717) is 28.9 Å². The normalized spacial score (nSPS) is 10.8. The van der Waals surface area contributed by atoms with Gasteiger partial charge in [-0.3, -0.25) is 9.48 Å². The monoisotopic (exact) mass is 451 g/mol. The van der Waals surface area contributed by atoms with Crippen LogP contribution in [-0.4, -0.2) is 15.7 Å². The Morgan fingerprint density at radius 1 is 1.10 bits per heavy atom. The second-order valence-electron chi connectivity index (χ2n) is 7.36. The number of amides is 1. The van der Waals surface area contributed by atoms with E-state index in [1.54, 1.807) is 10.7 Å². The zero-order valence-electron chi connectivity index (χ0n) is 17.3. The number of ether oxygens (including phenoxy) is 1. The standard InChI is InChI=1S/C24H22ClN3O2S/c1-16-3-8-21(17(2)11-16)30-14-19-12-22(31-15-19)24(29)26-23-9-10-28(27-23)13-18-4-6-20(25)7-5-18/h3-12,15H,13-14H2,1-2H3,(H,26,27,29). The van der Waals surface area contributed by atoms with E-state index in [2.05, 4.69) is 23.4 Å². The van der Waals surface area contributed by atoms with Crippen LogP contribution in [-0.2, 0) is 13.2 Å². The van der Waals surface area contributed by atoms with Crippen LogP contribution in [0.4, 0.5) is 5.82 Å². The number of aryl methyl sites for hydroxylation is 2. The van der Waals surface area contributed by atoms with Crippen LogP contribution < -0.4 is 10.1 Å². The summed E-state index contributed by atoms with van der Waals surface area (Å²) in [6.07, 6.45) is 1.84. The number of aromatic nitrogens is 2. The summed E-state index contributed by atoms with van der Waals surface area (Å²) in [5.41, 5.74) is 4.35. The van der Waals surface area contributed by atoms with Crippen molar-refractivity contribution in [1.29, 1.82) is 0 Å². The van der Waals surface area contributed by atoms with Crippen LogP contribution in [0.2, 0.25) is 5.02 Å². The molecule has 2 aromatic heterocycles. The Balaban J connectivity index is 1.33. The van der Waals surface area contributed by atoms with Crippen molar-refractivity contribution < 1.29 is 9.53 Å². The smallest absolute Gasteiger partial charge is 0.266 e. The van der Waals surface area contributed by atoms with Gasteiger partial charge in [0.05, 0.1) is 11.4 Å². The number of hydrogen-bond donors (Lipinski definition) is 1. The summed E-state index contributed by atoms with van der Waals surface area (Å²) >= 11 is 7.31. The average molecular weight is 452 g/mol. The van der Waals surface area contributed by atoms with Gasteiger partial charge in [0.1, 0.15) is 12.4 Å². The molecule has 2 heterocycles. The highest BCUT2D eigenvalue weighted by Gasteiger charge is 2.12. The van der Waals surface area contributed by atoms with Gasteiger partial charge in [-0.25, -0.2) is 0 Å². The molecule has 0 bridgehead atoms. The summed E-state index contributed by atoms with van der Waals surface area (Å²) in [5.74, 6) is 1.19. The molecule has 0 saturated heterocycles. The molecule has 0 aliphatic carbocycles. The van der Waals surface area contributed by atoms with E-state index in [0.717, 1.165) is 22.4 Å². The molecule has 0 aliphatic rings. The third kappa shape index (κ3) is 5.54. The van der Waals surface area contributed by atoms with Crippen molar-refractivity contribution in [1.82, 2.24) is 9.78 Å². The lowest BCUT2D eigenvalue weighted by Gasteiger charge is -2.08. The molecule has 1 amide bonds. The Hall–Kier alpha value is -3.09. The van der Waals surface area contributed by atoms with Crippen molar-refractivity contribution in [3.63, 3.8) is 0 Å². The topological polar surface area (TPSA) is 56.1 Å². The summed E-state index contributed by atoms with van der Waals surface area (Å²) in [7, 11) is 0. The SMILES string of the molecule is Cc1ccc(OCc2csc(C(=O)Nc3ccn(Cc4ccc(Cl)cc4)n3)c2)c(C)c1. The second kappa shape index (κ2) is 9.37. The molecule has 2 aromatic carbocycles. The van der Waals surface area contributed by atoms with E-state index in [1.165, 1.54) is 16.9 Å². The zero-order chi connectivity index (χ0) is 21.8. The number of halogens is 1. The Morgan fingerprint density at radius 2 is 1.90 bits per heavy atom. The number of benzene rings is 2. The Morgan fingerprint density at radius 3 is 2.68 bits per heavy atom. The van der Waals surface area contributed by atoms with E-state index < -0.39 is 0 Å². The maximum absolute atomic E-state index is 12.6. The Labute approximate surface area is 190 Å². The minimum atomic E-state index is -0.181. The van der Waals surface area contributed by atoms with Gasteiger partial charge in [0.2, 0.25) is 0 Å². The summed E-state index contributed by atoms with van der Waals surface area (Å²) < 4.78 is 7.68. The highest BCUT2D eigenvalue weighted by molar-refractivity contribution is 7.12. The summed E-state index contributed by atoms with van der Waals surface area (Å²) in [6.45, 7) is 5.11. The number of nitrogens with one attached hydrogen (secondary N) is 1. The van der Waals surface area contributed by atoms with Crippen molar-refractivity contribution in [2.24, 2.45) is 0 Å². The van der Waals surface area contributed by atoms with Crippen LogP contribution in [0.5, 0.6) is 5.75 Å². The molecule has 7 heteroatoms. The van der Waals surface area contributed by atoms with E-state index >= 15 is 0 Å². The van der Waals surface area contributed by atoms with E-state index in [4.69, 9.17) is 16.3 Å². The maximum Gasteiger partial charge on any atom is 0.266 e. The number of nitrogens with zero attached hydrogens (tertiary/aromatic N) is 2. The molecule has 0 fully saturated rings. The van der Waals surface area contributed by atoms with Crippen molar-refractivity contribution in [3.05, 3.63) is 98.3 Å². The van der Waals surface area contributed by atoms with Crippen molar-refractivity contribution in [3.8, 4) is 5.75 Å². The largest absolute Gasteiger partial charge is 0.489 e. The molecule has 0 radical (unpaired) electrons. The van der Waals surface area contributed by atoms with E-state index in [1.807, 2.05) is 61.0 Å². The second-order valence-corrected chi connectivity index (χ2v) is 8.70. The molecule has 5 nitrogen and oxygen atoms in total. The Bertz CT molecular complexity index is 1200. The minimum absolute atomic E-state index is 0.181. The third-order valence-electron chi connectivity index (χ3n) is 4.74. The van der Waals surface area contributed by atoms with Gasteiger partial charge in [-0.2, -0.15) is 5.10 Å². The zero-order valence-corrected chi connectivity index (χ0v) is 18.8. The van der Waals surface area contributed by atoms with Gasteiger partial charge >= 0.3 is 0 Å². The van der Waals surface area contributed by atoms with E-state index in [-0.39, 0.29) is 5.91 Å². The molecular formula is C24H22ClN3O2S. The first-order chi connectivity index (χ1) is 15.0. The molecule has 4 aromatic rings. The average Bonchev–Trinajstić information content (AvgIpc) is 3.39. The van der Waals surface area contributed by atoms with E-state index in [9.17, 15) is 4.79 Å². The molecule has 0 saturated carbocycles. The number of anilines is 1. The molecule has 31 heavy (non-hydrogen) atoms. The molecule has 4 rings (SSSR count). The fourth-order valence-corrected chi connectivity index (χ4v) is 4.08. The highest BCUT2D eigenvalue weighted by atomic mass is 35.5. The van der Waals surface area contributed by atoms with Crippen LogP contribution in [0.15, 0.2) is 66.2 Å². The van der Waals surface area contributed by atoms with Gasteiger partial charge in [0.15, 0.2) is 5.82 Å². The first-order valence-corrected chi connectivity index (χ1v) is 11.1. The van der Waals surface area contributed by atoms with Crippen molar-refractivity contribution in [2.45, 2.75) is 27.0 Å². The molecule has 1 N–H and O–H groups in total. The van der Waals surface area contributed by atoms with Crippen LogP contribution in [0, 0.1) is 13.8 Å². The molecule has 0 spiro atoms. The molecule has 0 atom stereocenters. The van der Waals surface area contributed by atoms with Gasteiger partial charge in [-0.05, 0) is 54.6 Å². The molecule has 0 aliphatic heterocycles. The number of rotatable bonds is 7. The first kappa shape index (κ1) is 21.2. The van der Waals surface area contributed by atoms with Gasteiger partial charge in [0, 0.05) is 22.8 Å². The van der Waals surface area contributed by atoms with Crippen LogP contribution in [0.3, 0.4) is 0 Å². The van der Waals surface area contributed by atoms with Crippen molar-refractivity contribution in [2.75, 3.05) is 5.32 Å². The third-order valence-corrected chi connectivity index (χ3v) is 5.97. The Kier molecular flexibility index (Phi) is 6.39. The molecular weight excluding hydrogens is 430 g/mol. The fourth-order valence-electron chi connectivity index (χ4n) is 3.16. The highest BCUT2D eigenvalue weighted by Crippen LogP contribution is 2.22. The summed E-state index contributed by atoms with van der Waals surface area (Å²) in [4.78, 5) is 13.2. The van der Waals surface area contributed by atoms with Crippen LogP contribution in [0.25, 0.3) is 0 Å². The van der Waals surface area contributed by atoms with Gasteiger partial charge in [-0.1, -0.05) is 41.4 Å². The van der Waals surface area contributed by atoms with Gasteiger partial charge in [-0.15, -0.1) is 11.3 Å². The number of carbonyl (C=O) groups is 1. The lowest BCUT2D eigenvalue weighted by Crippen LogP contribution is -2.11. The lowest BCUT2D eigenvalue weighted by molar-refractivity contribution is 0.103. The quantitative estimate of drug-likeness (QED) is 0.369. The summed E-state index contributed by atoms with van der Waals surface area (Å²) in [5, 5.41) is 9.92. The maximum atomic E-state index is 12.6. The predicted octanol–water partition coefficient (Wildman–Crippen LogP) is 6.09. The fraction of sp³-hybridized carbons (Fsp3) is 0.167. The van der Waals surface area contributed by atoms with Crippen molar-refractivity contribution >= 4 is 34.7 Å². The van der Waals surface area contributed by atoms with Crippen LogP contribution in [0.1, 0.15) is 31.9 Å². The molecule has 0 unspecified atom stereocenters. The van der Waals surface area contributed by atoms with Crippen LogP contribution >= 0.6 is 22.9 Å². The molecule has 158 valence electrons. The lowest BCUT2D eigenvalue weighted by atomic mass is 10.1. The predicted molar refractivity (Wildman–Crippen MR) is 125 cm³/mol. The first-order valence-electron chi connectivity index (χ1n) is 9.83. The van der Waals surface area contributed by atoms with Gasteiger partial charge < -0.3 is 10.1 Å². The number of thiophene rings is 1. The number of hydrogen-bond acceptors (Lipinski definition) is 4. The van der Waals surface area contributed by atoms with Gasteiger partial charge in [0.25, 0.3) is 5.91 Å². The summed E-state index contributed by atoms with van der Waals surface area (Å²) in [6, 6.07) is 17.3.